The highest BCUT2D eigenvalue weighted by molar-refractivity contribution is 5.82. The lowest BCUT2D eigenvalue weighted by molar-refractivity contribution is -0.145. The fraction of sp³-hybridized carbons (Fsp3) is 0.333. The monoisotopic (exact) mass is 431 g/mol. The highest BCUT2D eigenvalue weighted by Crippen LogP contribution is 2.23. The molecule has 0 bridgehead atoms. The molecule has 2 aromatic heterocycles. The molecule has 3 aromatic rings. The topological polar surface area (TPSA) is 80.6 Å². The number of morpholine rings is 1. The number of carbonyl (C=O) groups is 1. The molecule has 8 nitrogen and oxygen atoms in total. The van der Waals surface area contributed by atoms with Gasteiger partial charge in [0.25, 0.3) is 11.5 Å². The van der Waals surface area contributed by atoms with Crippen LogP contribution < -0.4 is 10.5 Å². The van der Waals surface area contributed by atoms with Crippen molar-refractivity contribution >= 4 is 11.9 Å². The van der Waals surface area contributed by atoms with Crippen molar-refractivity contribution in [3.8, 4) is 11.3 Å². The molecule has 0 N–H and O–H groups in total. The maximum Gasteiger partial charge on any atom is 0.255 e. The van der Waals surface area contributed by atoms with Gasteiger partial charge in [-0.1, -0.05) is 24.3 Å². The Morgan fingerprint density at radius 2 is 1.88 bits per heavy atom. The van der Waals surface area contributed by atoms with Crippen LogP contribution in [-0.2, 0) is 29.5 Å². The fourth-order valence-electron chi connectivity index (χ4n) is 4.35. The fourth-order valence-corrected chi connectivity index (χ4v) is 4.35. The van der Waals surface area contributed by atoms with Crippen LogP contribution in [0.2, 0.25) is 0 Å². The van der Waals surface area contributed by atoms with Crippen LogP contribution in [0.25, 0.3) is 11.3 Å². The van der Waals surface area contributed by atoms with Crippen LogP contribution in [0.1, 0.15) is 11.1 Å². The van der Waals surface area contributed by atoms with Gasteiger partial charge in [0.15, 0.2) is 6.10 Å². The zero-order chi connectivity index (χ0) is 22.1. The van der Waals surface area contributed by atoms with Crippen LogP contribution in [0.15, 0.2) is 59.7 Å². The van der Waals surface area contributed by atoms with Crippen LogP contribution in [0, 0.1) is 0 Å². The van der Waals surface area contributed by atoms with E-state index in [0.717, 1.165) is 12.0 Å². The van der Waals surface area contributed by atoms with E-state index in [4.69, 9.17) is 9.72 Å². The Labute approximate surface area is 186 Å². The molecule has 2 aliphatic rings. The van der Waals surface area contributed by atoms with Gasteiger partial charge in [0.1, 0.15) is 0 Å². The highest BCUT2D eigenvalue weighted by Gasteiger charge is 2.33. The molecule has 1 unspecified atom stereocenters. The van der Waals surface area contributed by atoms with Gasteiger partial charge in [-0.2, -0.15) is 0 Å². The van der Waals surface area contributed by atoms with Gasteiger partial charge in [-0.3, -0.25) is 19.1 Å². The smallest absolute Gasteiger partial charge is 0.255 e. The van der Waals surface area contributed by atoms with E-state index in [1.807, 2.05) is 34.1 Å². The molecular weight excluding hydrogens is 406 g/mol. The second-order valence-electron chi connectivity index (χ2n) is 8.16. The van der Waals surface area contributed by atoms with Crippen molar-refractivity contribution in [3.63, 3.8) is 0 Å². The number of hydrogen-bond acceptors (Lipinski definition) is 6. The quantitative estimate of drug-likeness (QED) is 0.627. The zero-order valence-corrected chi connectivity index (χ0v) is 18.0. The molecule has 1 atom stereocenters. The normalized spacial score (nSPS) is 18.3. The second-order valence-corrected chi connectivity index (χ2v) is 8.16. The Hall–Kier alpha value is -3.52. The Kier molecular flexibility index (Phi) is 5.45. The summed E-state index contributed by atoms with van der Waals surface area (Å²) in [7, 11) is 1.70. The molecule has 1 aromatic carbocycles. The Bertz CT molecular complexity index is 1190. The van der Waals surface area contributed by atoms with E-state index in [2.05, 4.69) is 17.1 Å². The van der Waals surface area contributed by atoms with Crippen LogP contribution in [0.4, 0.5) is 5.95 Å². The number of anilines is 1. The molecule has 0 spiro atoms. The van der Waals surface area contributed by atoms with Crippen LogP contribution in [-0.4, -0.2) is 57.7 Å². The third-order valence-electron chi connectivity index (χ3n) is 6.15. The first kappa shape index (κ1) is 20.4. The number of nitrogens with zero attached hydrogens (tertiary/aromatic N) is 5. The first-order valence-electron chi connectivity index (χ1n) is 10.8. The Morgan fingerprint density at radius 1 is 1.09 bits per heavy atom. The van der Waals surface area contributed by atoms with Crippen molar-refractivity contribution in [1.29, 1.82) is 0 Å². The largest absolute Gasteiger partial charge is 0.365 e. The summed E-state index contributed by atoms with van der Waals surface area (Å²) in [5.74, 6) is 0.522. The molecule has 0 aliphatic carbocycles. The number of fused-ring (bicyclic) bond motifs is 1. The SMILES string of the molecule is Cn1c(N2CCOC(C(=O)N3CCc4ccccc4C3)C2)nc(-c2ccncc2)cc1=O. The molecule has 1 amide bonds. The zero-order valence-electron chi connectivity index (χ0n) is 18.0. The van der Waals surface area contributed by atoms with Crippen molar-refractivity contribution in [2.45, 2.75) is 19.1 Å². The lowest BCUT2D eigenvalue weighted by Gasteiger charge is -2.37. The molecule has 2 aliphatic heterocycles. The summed E-state index contributed by atoms with van der Waals surface area (Å²) in [5.41, 5.74) is 3.76. The summed E-state index contributed by atoms with van der Waals surface area (Å²) in [6.07, 6.45) is 3.61. The number of benzene rings is 1. The minimum atomic E-state index is -0.588. The summed E-state index contributed by atoms with van der Waals surface area (Å²) < 4.78 is 7.38. The van der Waals surface area contributed by atoms with Crippen molar-refractivity contribution in [2.24, 2.45) is 7.05 Å². The van der Waals surface area contributed by atoms with E-state index in [9.17, 15) is 9.59 Å². The molecule has 32 heavy (non-hydrogen) atoms. The predicted octanol–water partition coefficient (Wildman–Crippen LogP) is 1.63. The molecular formula is C24H25N5O3. The number of amides is 1. The minimum absolute atomic E-state index is 0.0144. The van der Waals surface area contributed by atoms with Crippen LogP contribution >= 0.6 is 0 Å². The minimum Gasteiger partial charge on any atom is -0.365 e. The average Bonchev–Trinajstić information content (AvgIpc) is 2.85. The van der Waals surface area contributed by atoms with Gasteiger partial charge in [0.05, 0.1) is 18.8 Å². The summed E-state index contributed by atoms with van der Waals surface area (Å²) in [5, 5.41) is 0. The van der Waals surface area contributed by atoms with Crippen molar-refractivity contribution < 1.29 is 9.53 Å². The number of pyridine rings is 1. The summed E-state index contributed by atoms with van der Waals surface area (Å²) in [4.78, 5) is 38.5. The maximum absolute atomic E-state index is 13.3. The van der Waals surface area contributed by atoms with Gasteiger partial charge in [0.2, 0.25) is 5.95 Å². The predicted molar refractivity (Wildman–Crippen MR) is 120 cm³/mol. The molecule has 0 saturated carbocycles. The van der Waals surface area contributed by atoms with Crippen LogP contribution in [0.3, 0.4) is 0 Å². The highest BCUT2D eigenvalue weighted by atomic mass is 16.5. The van der Waals surface area contributed by atoms with Gasteiger partial charge in [-0.05, 0) is 29.7 Å². The maximum atomic E-state index is 13.3. The van der Waals surface area contributed by atoms with E-state index >= 15 is 0 Å². The molecule has 0 radical (unpaired) electrons. The van der Waals surface area contributed by atoms with Gasteiger partial charge in [-0.25, -0.2) is 4.98 Å². The van der Waals surface area contributed by atoms with Crippen molar-refractivity contribution in [2.75, 3.05) is 31.1 Å². The van der Waals surface area contributed by atoms with E-state index < -0.39 is 6.10 Å². The summed E-state index contributed by atoms with van der Waals surface area (Å²) in [6.45, 7) is 2.60. The Balaban J connectivity index is 1.37. The Morgan fingerprint density at radius 3 is 2.69 bits per heavy atom. The number of carbonyl (C=O) groups excluding carboxylic acids is 1. The van der Waals surface area contributed by atoms with Gasteiger partial charge in [-0.15, -0.1) is 0 Å². The lowest BCUT2D eigenvalue weighted by atomic mass is 9.99. The van der Waals surface area contributed by atoms with E-state index in [0.29, 0.717) is 44.4 Å². The van der Waals surface area contributed by atoms with Crippen molar-refractivity contribution in [1.82, 2.24) is 19.4 Å². The number of aromatic nitrogens is 3. The third-order valence-corrected chi connectivity index (χ3v) is 6.15. The number of rotatable bonds is 3. The second kappa shape index (κ2) is 8.55. The molecule has 4 heterocycles. The first-order chi connectivity index (χ1) is 15.6. The third kappa shape index (κ3) is 3.89. The lowest BCUT2D eigenvalue weighted by Crippen LogP contribution is -2.53. The summed E-state index contributed by atoms with van der Waals surface area (Å²) in [6, 6.07) is 13.4. The molecule has 164 valence electrons. The first-order valence-corrected chi connectivity index (χ1v) is 10.8. The van der Waals surface area contributed by atoms with Gasteiger partial charge < -0.3 is 14.5 Å². The van der Waals surface area contributed by atoms with E-state index in [1.165, 1.54) is 21.8 Å². The van der Waals surface area contributed by atoms with Crippen LogP contribution in [0.5, 0.6) is 0 Å². The van der Waals surface area contributed by atoms with Gasteiger partial charge in [0, 0.05) is 50.7 Å². The van der Waals surface area contributed by atoms with Crippen molar-refractivity contribution in [3.05, 3.63) is 76.3 Å². The number of hydrogen-bond donors (Lipinski definition) is 0. The standard InChI is InChI=1S/C24H25N5O3/c1-27-22(30)14-20(18-6-9-25-10-7-18)26-24(27)29-12-13-32-21(16-29)23(31)28-11-8-17-4-2-3-5-19(17)15-28/h2-7,9-10,14,21H,8,11-13,15-16H2,1H3. The van der Waals surface area contributed by atoms with Gasteiger partial charge >= 0.3 is 0 Å². The van der Waals surface area contributed by atoms with E-state index in [1.54, 1.807) is 19.4 Å². The summed E-state index contributed by atoms with van der Waals surface area (Å²) >= 11 is 0. The molecule has 1 fully saturated rings. The average molecular weight is 431 g/mol. The van der Waals surface area contributed by atoms with E-state index in [-0.39, 0.29) is 11.5 Å². The molecule has 8 heteroatoms. The number of ether oxygens (including phenoxy) is 1. The molecule has 1 saturated heterocycles. The molecule has 5 rings (SSSR count).